The molecule has 0 aromatic rings. The highest BCUT2D eigenvalue weighted by atomic mass is 16.5. The van der Waals surface area contributed by atoms with Crippen LogP contribution in [0.4, 0.5) is 0 Å². The fraction of sp³-hybridized carbons (Fsp3) is 1.00. The van der Waals surface area contributed by atoms with Crippen LogP contribution in [0.15, 0.2) is 0 Å². The molecule has 0 bridgehead atoms. The summed E-state index contributed by atoms with van der Waals surface area (Å²) in [5.41, 5.74) is 6.21. The van der Waals surface area contributed by atoms with Gasteiger partial charge < -0.3 is 10.5 Å². The Labute approximate surface area is 81.8 Å². The van der Waals surface area contributed by atoms with E-state index in [-0.39, 0.29) is 0 Å². The second-order valence-corrected chi connectivity index (χ2v) is 4.88. The number of hydrogen-bond acceptors (Lipinski definition) is 2. The van der Waals surface area contributed by atoms with Gasteiger partial charge in [-0.3, -0.25) is 0 Å². The van der Waals surface area contributed by atoms with Gasteiger partial charge >= 0.3 is 0 Å². The van der Waals surface area contributed by atoms with Crippen molar-refractivity contribution >= 4 is 0 Å². The lowest BCUT2D eigenvalue weighted by molar-refractivity contribution is -0.144. The summed E-state index contributed by atoms with van der Waals surface area (Å²) in [6.07, 6.45) is 3.68. The first-order chi connectivity index (χ1) is 6.07. The molecule has 0 aromatic heterocycles. The molecule has 1 aliphatic heterocycles. The van der Waals surface area contributed by atoms with Crippen molar-refractivity contribution in [2.75, 3.05) is 13.2 Å². The lowest BCUT2D eigenvalue weighted by atomic mass is 9.72. The predicted molar refractivity (Wildman–Crippen MR) is 55.6 cm³/mol. The molecule has 2 N–H and O–H groups in total. The van der Waals surface area contributed by atoms with Crippen molar-refractivity contribution in [3.8, 4) is 0 Å². The van der Waals surface area contributed by atoms with Gasteiger partial charge in [0.05, 0.1) is 13.2 Å². The zero-order valence-corrected chi connectivity index (χ0v) is 9.18. The Bertz CT molecular complexity index is 150. The van der Waals surface area contributed by atoms with Gasteiger partial charge in [-0.2, -0.15) is 0 Å². The third-order valence-corrected chi connectivity index (χ3v) is 3.34. The number of rotatable bonds is 5. The van der Waals surface area contributed by atoms with Crippen LogP contribution in [-0.2, 0) is 4.74 Å². The van der Waals surface area contributed by atoms with E-state index >= 15 is 0 Å². The second kappa shape index (κ2) is 4.43. The van der Waals surface area contributed by atoms with Gasteiger partial charge in [0.25, 0.3) is 0 Å². The van der Waals surface area contributed by atoms with Crippen molar-refractivity contribution < 1.29 is 4.74 Å². The standard InChI is InChI=1S/C11H23NO/c1-9(2)11(7-13-8-11)6-4-5-10(3)12/h9-10H,4-8,12H2,1-3H3. The maximum atomic E-state index is 5.73. The van der Waals surface area contributed by atoms with Crippen molar-refractivity contribution in [1.82, 2.24) is 0 Å². The van der Waals surface area contributed by atoms with E-state index in [1.807, 2.05) is 0 Å². The highest BCUT2D eigenvalue weighted by Crippen LogP contribution is 2.40. The molecule has 1 rings (SSSR count). The fourth-order valence-corrected chi connectivity index (χ4v) is 1.91. The van der Waals surface area contributed by atoms with Crippen LogP contribution in [-0.4, -0.2) is 19.3 Å². The van der Waals surface area contributed by atoms with E-state index in [1.54, 1.807) is 0 Å². The first kappa shape index (κ1) is 11.0. The monoisotopic (exact) mass is 185 g/mol. The van der Waals surface area contributed by atoms with Crippen LogP contribution in [0.25, 0.3) is 0 Å². The Balaban J connectivity index is 2.24. The third kappa shape index (κ3) is 2.68. The quantitative estimate of drug-likeness (QED) is 0.712. The van der Waals surface area contributed by atoms with E-state index in [1.165, 1.54) is 12.8 Å². The van der Waals surface area contributed by atoms with Gasteiger partial charge in [0.15, 0.2) is 0 Å². The summed E-state index contributed by atoms with van der Waals surface area (Å²) in [7, 11) is 0. The zero-order chi connectivity index (χ0) is 9.90. The van der Waals surface area contributed by atoms with Gasteiger partial charge in [0.2, 0.25) is 0 Å². The lowest BCUT2D eigenvalue weighted by Gasteiger charge is -2.45. The normalized spacial score (nSPS) is 22.8. The van der Waals surface area contributed by atoms with Crippen molar-refractivity contribution in [1.29, 1.82) is 0 Å². The van der Waals surface area contributed by atoms with Crippen LogP contribution in [0.5, 0.6) is 0 Å². The molecule has 1 saturated heterocycles. The van der Waals surface area contributed by atoms with E-state index in [2.05, 4.69) is 20.8 Å². The molecule has 2 nitrogen and oxygen atoms in total. The molecule has 0 aliphatic carbocycles. The third-order valence-electron chi connectivity index (χ3n) is 3.34. The van der Waals surface area contributed by atoms with Crippen LogP contribution < -0.4 is 5.73 Å². The van der Waals surface area contributed by atoms with Crippen LogP contribution in [0.1, 0.15) is 40.0 Å². The summed E-state index contributed by atoms with van der Waals surface area (Å²) in [6, 6.07) is 0.352. The molecule has 0 saturated carbocycles. The van der Waals surface area contributed by atoms with E-state index in [4.69, 9.17) is 10.5 Å². The molecule has 2 heteroatoms. The number of nitrogens with two attached hydrogens (primary N) is 1. The second-order valence-electron chi connectivity index (χ2n) is 4.88. The highest BCUT2D eigenvalue weighted by Gasteiger charge is 2.40. The minimum Gasteiger partial charge on any atom is -0.380 e. The Morgan fingerprint density at radius 3 is 2.23 bits per heavy atom. The number of ether oxygens (including phenoxy) is 1. The van der Waals surface area contributed by atoms with E-state index in [0.29, 0.717) is 11.5 Å². The Kier molecular flexibility index (Phi) is 3.74. The van der Waals surface area contributed by atoms with Crippen LogP contribution >= 0.6 is 0 Å². The van der Waals surface area contributed by atoms with Gasteiger partial charge in [-0.05, 0) is 25.7 Å². The van der Waals surface area contributed by atoms with E-state index < -0.39 is 0 Å². The van der Waals surface area contributed by atoms with Crippen LogP contribution in [0.2, 0.25) is 0 Å². The molecule has 78 valence electrons. The summed E-state index contributed by atoms with van der Waals surface area (Å²) in [6.45, 7) is 8.61. The Morgan fingerprint density at radius 1 is 1.31 bits per heavy atom. The maximum absolute atomic E-state index is 5.73. The summed E-state index contributed by atoms with van der Waals surface area (Å²) in [5.74, 6) is 0.745. The zero-order valence-electron chi connectivity index (χ0n) is 9.18. The van der Waals surface area contributed by atoms with Crippen LogP contribution in [0, 0.1) is 11.3 Å². The molecule has 0 spiro atoms. The van der Waals surface area contributed by atoms with Crippen molar-refractivity contribution in [3.63, 3.8) is 0 Å². The molecule has 1 unspecified atom stereocenters. The summed E-state index contributed by atoms with van der Waals surface area (Å²) in [5, 5.41) is 0. The maximum Gasteiger partial charge on any atom is 0.0547 e. The Morgan fingerprint density at radius 2 is 1.92 bits per heavy atom. The van der Waals surface area contributed by atoms with Crippen LogP contribution in [0.3, 0.4) is 0 Å². The largest absolute Gasteiger partial charge is 0.380 e. The molecule has 0 aromatic carbocycles. The summed E-state index contributed by atoms with van der Waals surface area (Å²) < 4.78 is 5.33. The lowest BCUT2D eigenvalue weighted by Crippen LogP contribution is -2.46. The molecular weight excluding hydrogens is 162 g/mol. The first-order valence-corrected chi connectivity index (χ1v) is 5.40. The summed E-state index contributed by atoms with van der Waals surface area (Å²) >= 11 is 0. The number of hydrogen-bond donors (Lipinski definition) is 1. The van der Waals surface area contributed by atoms with Gasteiger partial charge in [0.1, 0.15) is 0 Å². The van der Waals surface area contributed by atoms with Crippen molar-refractivity contribution in [3.05, 3.63) is 0 Å². The first-order valence-electron chi connectivity index (χ1n) is 5.40. The average molecular weight is 185 g/mol. The molecular formula is C11H23NO. The molecule has 1 atom stereocenters. The van der Waals surface area contributed by atoms with Gasteiger partial charge in [-0.1, -0.05) is 20.3 Å². The molecule has 13 heavy (non-hydrogen) atoms. The van der Waals surface area contributed by atoms with Gasteiger partial charge in [-0.25, -0.2) is 0 Å². The predicted octanol–water partition coefficient (Wildman–Crippen LogP) is 2.18. The average Bonchev–Trinajstić information content (AvgIpc) is 1.93. The van der Waals surface area contributed by atoms with Crippen molar-refractivity contribution in [2.24, 2.45) is 17.1 Å². The minimum atomic E-state index is 0.352. The fourth-order valence-electron chi connectivity index (χ4n) is 1.91. The molecule has 1 heterocycles. The highest BCUT2D eigenvalue weighted by molar-refractivity contribution is 4.88. The molecule has 0 radical (unpaired) electrons. The van der Waals surface area contributed by atoms with Gasteiger partial charge in [-0.15, -0.1) is 0 Å². The smallest absolute Gasteiger partial charge is 0.0547 e. The van der Waals surface area contributed by atoms with Gasteiger partial charge in [0, 0.05) is 11.5 Å². The summed E-state index contributed by atoms with van der Waals surface area (Å²) in [4.78, 5) is 0. The molecule has 0 amide bonds. The topological polar surface area (TPSA) is 35.2 Å². The Hall–Kier alpha value is -0.0800. The molecule has 1 aliphatic rings. The van der Waals surface area contributed by atoms with E-state index in [9.17, 15) is 0 Å². The SMILES string of the molecule is CC(N)CCCC1(C(C)C)COC1. The minimum absolute atomic E-state index is 0.352. The van der Waals surface area contributed by atoms with E-state index in [0.717, 1.165) is 25.6 Å². The molecule has 1 fully saturated rings. The van der Waals surface area contributed by atoms with Crippen molar-refractivity contribution in [2.45, 2.75) is 46.1 Å².